The van der Waals surface area contributed by atoms with Gasteiger partial charge in [0.15, 0.2) is 0 Å². The molecule has 3 rings (SSSR count). The number of hydrogen-bond acceptors (Lipinski definition) is 3. The van der Waals surface area contributed by atoms with E-state index in [1.54, 1.807) is 4.90 Å². The lowest BCUT2D eigenvalue weighted by atomic mass is 10.2. The number of nitrogens with one attached hydrogen (secondary N) is 1. The summed E-state index contributed by atoms with van der Waals surface area (Å²) in [5, 5.41) is 3.05. The lowest BCUT2D eigenvalue weighted by Crippen LogP contribution is -2.23. The normalized spacial score (nSPS) is 14.9. The average molecular weight is 306 g/mol. The van der Waals surface area contributed by atoms with E-state index in [4.69, 9.17) is 0 Å². The predicted molar refractivity (Wildman–Crippen MR) is 78.8 cm³/mol. The number of alkyl halides is 2. The largest absolute Gasteiger partial charge is 0.378 e. The van der Waals surface area contributed by atoms with Crippen LogP contribution in [0.2, 0.25) is 0 Å². The van der Waals surface area contributed by atoms with Gasteiger partial charge in [0.1, 0.15) is 5.82 Å². The van der Waals surface area contributed by atoms with E-state index in [0.717, 1.165) is 28.9 Å². The summed E-state index contributed by atoms with van der Waals surface area (Å²) in [4.78, 5) is 17.3. The summed E-state index contributed by atoms with van der Waals surface area (Å²) in [6.07, 6.45) is 4.08. The number of carbonyl (C=O) groups excluding carboxylic acids is 1. The van der Waals surface area contributed by atoms with Gasteiger partial charge in [0.2, 0.25) is 5.91 Å². The number of rotatable bonds is 5. The highest BCUT2D eigenvalue weighted by Gasteiger charge is 2.21. The molecule has 1 N–H and O–H groups in total. The van der Waals surface area contributed by atoms with Crippen LogP contribution in [0.15, 0.2) is 36.7 Å². The molecular weight excluding hydrogens is 290 g/mol. The summed E-state index contributed by atoms with van der Waals surface area (Å²) in [5.41, 5.74) is 1.65. The monoisotopic (exact) mass is 306 g/mol. The Labute approximate surface area is 126 Å². The minimum atomic E-state index is -2.59. The fourth-order valence-corrected chi connectivity index (χ4v) is 2.52. The summed E-state index contributed by atoms with van der Waals surface area (Å²) in [5.74, 6) is 0.411. The summed E-state index contributed by atoms with van der Waals surface area (Å²) in [6.45, 7) is -1.64. The summed E-state index contributed by atoms with van der Waals surface area (Å²) in [7, 11) is 0. The molecule has 1 aromatic carbocycles. The van der Waals surface area contributed by atoms with Gasteiger partial charge in [0.05, 0.1) is 6.54 Å². The van der Waals surface area contributed by atoms with Gasteiger partial charge in [-0.25, -0.2) is 4.98 Å². The average Bonchev–Trinajstić information content (AvgIpc) is 3.14. The Bertz CT molecular complexity index is 654. The third-order valence-electron chi connectivity index (χ3n) is 3.66. The number of nitrogens with zero attached hydrogens (tertiary/aromatic N) is 3. The molecule has 7 heteroatoms. The van der Waals surface area contributed by atoms with Crippen LogP contribution >= 0.6 is 0 Å². The number of imidazole rings is 1. The molecule has 0 bridgehead atoms. The Kier molecular flexibility index (Phi) is 4.04. The Morgan fingerprint density at radius 1 is 1.27 bits per heavy atom. The van der Waals surface area contributed by atoms with Gasteiger partial charge >= 0.3 is 6.55 Å². The van der Waals surface area contributed by atoms with Gasteiger partial charge in [-0.1, -0.05) is 0 Å². The van der Waals surface area contributed by atoms with E-state index in [2.05, 4.69) is 10.3 Å². The van der Waals surface area contributed by atoms with Crippen molar-refractivity contribution in [2.45, 2.75) is 25.9 Å². The van der Waals surface area contributed by atoms with Crippen molar-refractivity contribution in [1.29, 1.82) is 0 Å². The quantitative estimate of drug-likeness (QED) is 0.924. The van der Waals surface area contributed by atoms with Gasteiger partial charge in [-0.2, -0.15) is 8.78 Å². The molecule has 1 saturated heterocycles. The zero-order chi connectivity index (χ0) is 15.5. The number of anilines is 2. The molecule has 2 aromatic rings. The highest BCUT2D eigenvalue weighted by atomic mass is 19.3. The van der Waals surface area contributed by atoms with Crippen LogP contribution in [0.3, 0.4) is 0 Å². The van der Waals surface area contributed by atoms with Crippen LogP contribution in [0.25, 0.3) is 0 Å². The summed E-state index contributed by atoms with van der Waals surface area (Å²) in [6, 6.07) is 7.36. The molecule has 1 fully saturated rings. The van der Waals surface area contributed by atoms with Gasteiger partial charge in [0, 0.05) is 36.7 Å². The van der Waals surface area contributed by atoms with Gasteiger partial charge in [-0.05, 0) is 30.7 Å². The molecular formula is C15H16F2N4O. The van der Waals surface area contributed by atoms with Crippen molar-refractivity contribution in [3.05, 3.63) is 42.5 Å². The topological polar surface area (TPSA) is 50.2 Å². The molecule has 0 atom stereocenters. The van der Waals surface area contributed by atoms with Gasteiger partial charge in [0.25, 0.3) is 0 Å². The number of benzene rings is 1. The Hall–Kier alpha value is -2.44. The van der Waals surface area contributed by atoms with Gasteiger partial charge < -0.3 is 10.2 Å². The second-order valence-electron chi connectivity index (χ2n) is 5.08. The van der Waals surface area contributed by atoms with Crippen LogP contribution in [0, 0.1) is 0 Å². The molecule has 0 aliphatic carbocycles. The van der Waals surface area contributed by atoms with Crippen LogP contribution in [0.4, 0.5) is 20.2 Å². The second kappa shape index (κ2) is 6.13. The Morgan fingerprint density at radius 2 is 2.05 bits per heavy atom. The minimum absolute atomic E-state index is 0.139. The Morgan fingerprint density at radius 3 is 2.68 bits per heavy atom. The lowest BCUT2D eigenvalue weighted by Gasteiger charge is -2.16. The van der Waals surface area contributed by atoms with E-state index in [-0.39, 0.29) is 18.3 Å². The maximum absolute atomic E-state index is 12.7. The van der Waals surface area contributed by atoms with Crippen LogP contribution in [-0.4, -0.2) is 22.0 Å². The number of amides is 1. The van der Waals surface area contributed by atoms with Crippen LogP contribution in [0.1, 0.15) is 25.2 Å². The number of halogens is 2. The first-order valence-corrected chi connectivity index (χ1v) is 7.09. The molecule has 116 valence electrons. The molecule has 1 aromatic heterocycles. The molecule has 5 nitrogen and oxygen atoms in total. The van der Waals surface area contributed by atoms with Crippen molar-refractivity contribution in [1.82, 2.24) is 9.55 Å². The predicted octanol–water partition coefficient (Wildman–Crippen LogP) is 3.02. The van der Waals surface area contributed by atoms with Crippen LogP contribution in [-0.2, 0) is 11.3 Å². The lowest BCUT2D eigenvalue weighted by molar-refractivity contribution is -0.117. The number of carbonyl (C=O) groups is 1. The molecule has 1 aliphatic rings. The molecule has 22 heavy (non-hydrogen) atoms. The van der Waals surface area contributed by atoms with Crippen molar-refractivity contribution in [3.63, 3.8) is 0 Å². The first-order valence-electron chi connectivity index (χ1n) is 7.09. The van der Waals surface area contributed by atoms with Crippen molar-refractivity contribution >= 4 is 17.3 Å². The third-order valence-corrected chi connectivity index (χ3v) is 3.66. The summed E-state index contributed by atoms with van der Waals surface area (Å²) < 4.78 is 26.2. The van der Waals surface area contributed by atoms with E-state index < -0.39 is 6.55 Å². The summed E-state index contributed by atoms with van der Waals surface area (Å²) >= 11 is 0. The van der Waals surface area contributed by atoms with Crippen molar-refractivity contribution in [2.24, 2.45) is 0 Å². The zero-order valence-corrected chi connectivity index (χ0v) is 11.9. The van der Waals surface area contributed by atoms with Crippen molar-refractivity contribution in [2.75, 3.05) is 16.8 Å². The van der Waals surface area contributed by atoms with Crippen molar-refractivity contribution < 1.29 is 13.6 Å². The number of hydrogen-bond donors (Lipinski definition) is 1. The van der Waals surface area contributed by atoms with Crippen molar-refractivity contribution in [3.8, 4) is 0 Å². The van der Waals surface area contributed by atoms with E-state index in [1.807, 2.05) is 24.3 Å². The van der Waals surface area contributed by atoms with E-state index in [1.165, 1.54) is 12.4 Å². The fraction of sp³-hybridized carbons (Fsp3) is 0.333. The van der Waals surface area contributed by atoms with Gasteiger partial charge in [-0.15, -0.1) is 0 Å². The maximum atomic E-state index is 12.7. The van der Waals surface area contributed by atoms with Crippen LogP contribution in [0.5, 0.6) is 0 Å². The SMILES string of the molecule is O=C1CCCN1c1ccc(NCc2nccn2C(F)F)cc1. The van der Waals surface area contributed by atoms with Gasteiger partial charge in [-0.3, -0.25) is 9.36 Å². The molecule has 0 unspecified atom stereocenters. The van der Waals surface area contributed by atoms with E-state index in [9.17, 15) is 13.6 Å². The minimum Gasteiger partial charge on any atom is -0.378 e. The first-order chi connectivity index (χ1) is 10.6. The molecule has 0 saturated carbocycles. The zero-order valence-electron chi connectivity index (χ0n) is 11.9. The first kappa shape index (κ1) is 14.5. The molecule has 0 spiro atoms. The molecule has 1 amide bonds. The van der Waals surface area contributed by atoms with Crippen LogP contribution < -0.4 is 10.2 Å². The molecule has 0 radical (unpaired) electrons. The maximum Gasteiger partial charge on any atom is 0.319 e. The van der Waals surface area contributed by atoms with E-state index >= 15 is 0 Å². The van der Waals surface area contributed by atoms with E-state index in [0.29, 0.717) is 6.42 Å². The Balaban J connectivity index is 1.64. The third kappa shape index (κ3) is 2.93. The highest BCUT2D eigenvalue weighted by molar-refractivity contribution is 5.95. The molecule has 2 heterocycles. The highest BCUT2D eigenvalue weighted by Crippen LogP contribution is 2.23. The standard InChI is InChI=1S/C15H16F2N4O/c16-15(17)21-9-7-18-13(21)10-19-11-3-5-12(6-4-11)20-8-1-2-14(20)22/h3-7,9,15,19H,1-2,8,10H2. The second-order valence-corrected chi connectivity index (χ2v) is 5.08. The smallest absolute Gasteiger partial charge is 0.319 e. The number of aromatic nitrogens is 2. The molecule has 1 aliphatic heterocycles. The fourth-order valence-electron chi connectivity index (χ4n) is 2.52.